The lowest BCUT2D eigenvalue weighted by Crippen LogP contribution is -2.13. The van der Waals surface area contributed by atoms with Crippen LogP contribution in [-0.4, -0.2) is 5.78 Å². The molecule has 0 aromatic heterocycles. The van der Waals surface area contributed by atoms with Crippen molar-refractivity contribution in [3.8, 4) is 0 Å². The third-order valence-corrected chi connectivity index (χ3v) is 2.73. The van der Waals surface area contributed by atoms with Gasteiger partial charge in [0.25, 0.3) is 0 Å². The van der Waals surface area contributed by atoms with Gasteiger partial charge in [0.15, 0.2) is 17.4 Å². The second kappa shape index (κ2) is 3.31. The van der Waals surface area contributed by atoms with Crippen molar-refractivity contribution in [3.05, 3.63) is 33.9 Å². The molecule has 1 aliphatic rings. The summed E-state index contributed by atoms with van der Waals surface area (Å²) in [6.45, 7) is 0. The van der Waals surface area contributed by atoms with Gasteiger partial charge in [-0.05, 0) is 24.5 Å². The Morgan fingerprint density at radius 3 is 2.71 bits per heavy atom. The zero-order valence-electron chi connectivity index (χ0n) is 7.24. The maximum Gasteiger partial charge on any atom is 0.178 e. The molecule has 0 fully saturated rings. The molecule has 0 aliphatic heterocycles. The van der Waals surface area contributed by atoms with Crippen LogP contribution in [0.25, 0.3) is 0 Å². The molecule has 2 rings (SSSR count). The van der Waals surface area contributed by atoms with E-state index in [2.05, 4.69) is 0 Å². The van der Waals surface area contributed by atoms with Gasteiger partial charge < -0.3 is 0 Å². The second-order valence-corrected chi connectivity index (χ2v) is 3.68. The van der Waals surface area contributed by atoms with Crippen LogP contribution in [0, 0.1) is 11.6 Å². The van der Waals surface area contributed by atoms with Gasteiger partial charge in [0.2, 0.25) is 0 Å². The van der Waals surface area contributed by atoms with Gasteiger partial charge in [0.05, 0.1) is 5.02 Å². The highest BCUT2D eigenvalue weighted by Crippen LogP contribution is 2.31. The number of fused-ring (bicyclic) bond motifs is 1. The Labute approximate surface area is 84.7 Å². The molecular formula is C10H7ClF2O. The Kier molecular flexibility index (Phi) is 2.27. The van der Waals surface area contributed by atoms with Crippen molar-refractivity contribution in [1.82, 2.24) is 0 Å². The number of benzene rings is 1. The van der Waals surface area contributed by atoms with Crippen molar-refractivity contribution in [2.45, 2.75) is 19.3 Å². The summed E-state index contributed by atoms with van der Waals surface area (Å²) in [6, 6.07) is 1.06. The van der Waals surface area contributed by atoms with E-state index in [0.29, 0.717) is 24.8 Å². The van der Waals surface area contributed by atoms with E-state index in [1.807, 2.05) is 0 Å². The van der Waals surface area contributed by atoms with Crippen LogP contribution in [0.3, 0.4) is 0 Å². The van der Waals surface area contributed by atoms with Crippen LogP contribution in [0.5, 0.6) is 0 Å². The maximum absolute atomic E-state index is 13.0. The number of Topliss-reactive ketones (excluding diaryl/α,β-unsaturated/α-hetero) is 1. The van der Waals surface area contributed by atoms with Crippen molar-refractivity contribution in [1.29, 1.82) is 0 Å². The van der Waals surface area contributed by atoms with Gasteiger partial charge in [-0.3, -0.25) is 4.79 Å². The first-order valence-electron chi connectivity index (χ1n) is 4.31. The Balaban J connectivity index is 2.70. The maximum atomic E-state index is 13.0. The van der Waals surface area contributed by atoms with E-state index in [0.717, 1.165) is 6.07 Å². The fourth-order valence-electron chi connectivity index (χ4n) is 1.71. The molecule has 74 valence electrons. The van der Waals surface area contributed by atoms with E-state index in [9.17, 15) is 13.6 Å². The molecular weight excluding hydrogens is 210 g/mol. The zero-order valence-corrected chi connectivity index (χ0v) is 8.00. The molecule has 0 amide bonds. The predicted octanol–water partition coefficient (Wildman–Crippen LogP) is 3.14. The van der Waals surface area contributed by atoms with E-state index >= 15 is 0 Å². The van der Waals surface area contributed by atoms with Gasteiger partial charge >= 0.3 is 0 Å². The Hall–Kier alpha value is -0.960. The standard InChI is InChI=1S/C10H7ClF2O/c11-9-8-5(2-1-3-7(8)14)4-6(12)10(9)13/h4H,1-3H2. The number of ketones is 1. The van der Waals surface area contributed by atoms with Crippen molar-refractivity contribution >= 4 is 17.4 Å². The molecule has 0 radical (unpaired) electrons. The highest BCUT2D eigenvalue weighted by molar-refractivity contribution is 6.34. The minimum atomic E-state index is -1.12. The number of hydrogen-bond acceptors (Lipinski definition) is 1. The van der Waals surface area contributed by atoms with Crippen molar-refractivity contribution in [3.63, 3.8) is 0 Å². The van der Waals surface area contributed by atoms with E-state index in [4.69, 9.17) is 11.6 Å². The summed E-state index contributed by atoms with van der Waals surface area (Å²) in [6.07, 6.45) is 1.61. The molecule has 1 nitrogen and oxygen atoms in total. The predicted molar refractivity (Wildman–Crippen MR) is 48.6 cm³/mol. The van der Waals surface area contributed by atoms with E-state index in [1.165, 1.54) is 0 Å². The highest BCUT2D eigenvalue weighted by atomic mass is 35.5. The number of aryl methyl sites for hydroxylation is 1. The molecule has 14 heavy (non-hydrogen) atoms. The summed E-state index contributed by atoms with van der Waals surface area (Å²) < 4.78 is 26.0. The Morgan fingerprint density at radius 1 is 1.29 bits per heavy atom. The molecule has 0 spiro atoms. The van der Waals surface area contributed by atoms with E-state index < -0.39 is 11.6 Å². The van der Waals surface area contributed by atoms with E-state index in [-0.39, 0.29) is 16.4 Å². The topological polar surface area (TPSA) is 17.1 Å². The average molecular weight is 217 g/mol. The van der Waals surface area contributed by atoms with Crippen molar-refractivity contribution in [2.75, 3.05) is 0 Å². The van der Waals surface area contributed by atoms with Crippen LogP contribution >= 0.6 is 11.6 Å². The van der Waals surface area contributed by atoms with Crippen molar-refractivity contribution in [2.24, 2.45) is 0 Å². The average Bonchev–Trinajstić information content (AvgIpc) is 2.14. The van der Waals surface area contributed by atoms with Crippen LogP contribution in [0.4, 0.5) is 8.78 Å². The fourth-order valence-corrected chi connectivity index (χ4v) is 2.02. The van der Waals surface area contributed by atoms with Crippen LogP contribution in [-0.2, 0) is 6.42 Å². The number of hydrogen-bond donors (Lipinski definition) is 0. The monoisotopic (exact) mass is 216 g/mol. The minimum absolute atomic E-state index is 0.164. The molecule has 0 heterocycles. The Morgan fingerprint density at radius 2 is 2.00 bits per heavy atom. The lowest BCUT2D eigenvalue weighted by atomic mass is 9.90. The third kappa shape index (κ3) is 1.32. The van der Waals surface area contributed by atoms with E-state index in [1.54, 1.807) is 0 Å². The van der Waals surface area contributed by atoms with Gasteiger partial charge in [-0.15, -0.1) is 0 Å². The van der Waals surface area contributed by atoms with Gasteiger partial charge in [0.1, 0.15) is 0 Å². The van der Waals surface area contributed by atoms with Gasteiger partial charge in [-0.1, -0.05) is 11.6 Å². The first-order valence-corrected chi connectivity index (χ1v) is 4.68. The smallest absolute Gasteiger partial charge is 0.178 e. The molecule has 1 aromatic carbocycles. The summed E-state index contributed by atoms with van der Waals surface area (Å²) in [5, 5.41) is -0.371. The van der Waals surface area contributed by atoms with Crippen molar-refractivity contribution < 1.29 is 13.6 Å². The lowest BCUT2D eigenvalue weighted by molar-refractivity contribution is 0.0972. The first-order chi connectivity index (χ1) is 6.61. The molecule has 0 saturated carbocycles. The SMILES string of the molecule is O=C1CCCc2cc(F)c(F)c(Cl)c21. The summed E-state index contributed by atoms with van der Waals surface area (Å²) >= 11 is 5.58. The summed E-state index contributed by atoms with van der Waals surface area (Å²) in [4.78, 5) is 11.4. The molecule has 1 aliphatic carbocycles. The fraction of sp³-hybridized carbons (Fsp3) is 0.300. The Bertz CT molecular complexity index is 415. The third-order valence-electron chi connectivity index (χ3n) is 2.37. The number of carbonyl (C=O) groups is 1. The van der Waals surface area contributed by atoms with Crippen LogP contribution in [0.15, 0.2) is 6.07 Å². The zero-order chi connectivity index (χ0) is 10.3. The number of rotatable bonds is 0. The summed E-state index contributed by atoms with van der Waals surface area (Å²) in [7, 11) is 0. The number of carbonyl (C=O) groups excluding carboxylic acids is 1. The molecule has 0 bridgehead atoms. The van der Waals surface area contributed by atoms with Crippen LogP contribution in [0.1, 0.15) is 28.8 Å². The minimum Gasteiger partial charge on any atom is -0.294 e. The molecule has 0 unspecified atom stereocenters. The lowest BCUT2D eigenvalue weighted by Gasteiger charge is -2.16. The molecule has 0 N–H and O–H groups in total. The van der Waals surface area contributed by atoms with Gasteiger partial charge in [-0.2, -0.15) is 0 Å². The largest absolute Gasteiger partial charge is 0.294 e. The van der Waals surface area contributed by atoms with Gasteiger partial charge in [-0.25, -0.2) is 8.78 Å². The van der Waals surface area contributed by atoms with Crippen LogP contribution < -0.4 is 0 Å². The van der Waals surface area contributed by atoms with Gasteiger partial charge in [0, 0.05) is 12.0 Å². The molecule has 4 heteroatoms. The first kappa shape index (κ1) is 9.59. The summed E-state index contributed by atoms with van der Waals surface area (Å²) in [5.74, 6) is -2.31. The molecule has 0 atom stereocenters. The normalized spacial score (nSPS) is 15.5. The second-order valence-electron chi connectivity index (χ2n) is 3.30. The molecule has 1 aromatic rings. The highest BCUT2D eigenvalue weighted by Gasteiger charge is 2.24. The van der Waals surface area contributed by atoms with Crippen LogP contribution in [0.2, 0.25) is 5.02 Å². The quantitative estimate of drug-likeness (QED) is 0.609. The number of halogens is 3. The summed E-state index contributed by atoms with van der Waals surface area (Å²) in [5.41, 5.74) is 0.682. The molecule has 0 saturated heterocycles.